The number of nitrogens with zero attached hydrogens (tertiary/aromatic N) is 1. The third-order valence-corrected chi connectivity index (χ3v) is 2.91. The highest BCUT2D eigenvalue weighted by Crippen LogP contribution is 2.22. The second kappa shape index (κ2) is 7.37. The summed E-state index contributed by atoms with van der Waals surface area (Å²) >= 11 is 0. The van der Waals surface area contributed by atoms with Crippen molar-refractivity contribution in [1.29, 1.82) is 0 Å². The fraction of sp³-hybridized carbons (Fsp3) is 0.600. The summed E-state index contributed by atoms with van der Waals surface area (Å²) in [4.78, 5) is 2.32. The zero-order chi connectivity index (χ0) is 13.5. The average Bonchev–Trinajstić information content (AvgIpc) is 2.33. The van der Waals surface area contributed by atoms with Gasteiger partial charge in [0.25, 0.3) is 0 Å². The first-order valence-corrected chi connectivity index (χ1v) is 6.82. The van der Waals surface area contributed by atoms with Gasteiger partial charge in [-0.1, -0.05) is 20.8 Å². The number of benzene rings is 1. The monoisotopic (exact) mass is 252 g/mol. The smallest absolute Gasteiger partial charge is 0.123 e. The van der Waals surface area contributed by atoms with Crippen molar-refractivity contribution < 1.29 is 4.39 Å². The van der Waals surface area contributed by atoms with Crippen molar-refractivity contribution >= 4 is 5.69 Å². The van der Waals surface area contributed by atoms with Gasteiger partial charge >= 0.3 is 0 Å². The molecule has 0 fully saturated rings. The van der Waals surface area contributed by atoms with E-state index in [1.165, 1.54) is 0 Å². The lowest BCUT2D eigenvalue weighted by Crippen LogP contribution is -2.29. The van der Waals surface area contributed by atoms with Gasteiger partial charge in [-0.3, -0.25) is 0 Å². The van der Waals surface area contributed by atoms with Gasteiger partial charge in [0.05, 0.1) is 0 Å². The van der Waals surface area contributed by atoms with Crippen LogP contribution in [0.3, 0.4) is 0 Å². The molecule has 1 aromatic rings. The molecule has 1 aromatic carbocycles. The molecule has 0 aliphatic rings. The molecule has 0 spiro atoms. The fourth-order valence-corrected chi connectivity index (χ4v) is 2.10. The van der Waals surface area contributed by atoms with Crippen LogP contribution in [0.2, 0.25) is 0 Å². The Morgan fingerprint density at radius 1 is 1.28 bits per heavy atom. The van der Waals surface area contributed by atoms with Crippen LogP contribution in [0.25, 0.3) is 0 Å². The summed E-state index contributed by atoms with van der Waals surface area (Å²) in [6, 6.07) is 5.09. The molecule has 0 atom stereocenters. The summed E-state index contributed by atoms with van der Waals surface area (Å²) in [5.74, 6) is 0.439. The minimum absolute atomic E-state index is 0.160. The largest absolute Gasteiger partial charge is 0.371 e. The molecule has 0 heterocycles. The van der Waals surface area contributed by atoms with Crippen LogP contribution in [0.5, 0.6) is 0 Å². The Balaban J connectivity index is 2.96. The van der Waals surface area contributed by atoms with Crippen LogP contribution in [0, 0.1) is 11.7 Å². The van der Waals surface area contributed by atoms with E-state index in [-0.39, 0.29) is 5.82 Å². The molecule has 2 nitrogen and oxygen atoms in total. The molecule has 0 amide bonds. The molecule has 0 aromatic heterocycles. The summed E-state index contributed by atoms with van der Waals surface area (Å²) in [7, 11) is 0. The number of halogens is 1. The molecule has 1 rings (SSSR count). The lowest BCUT2D eigenvalue weighted by Gasteiger charge is -2.27. The maximum absolute atomic E-state index is 13.4. The third kappa shape index (κ3) is 4.30. The van der Waals surface area contributed by atoms with Crippen LogP contribution in [-0.2, 0) is 6.54 Å². The molecule has 0 saturated heterocycles. The van der Waals surface area contributed by atoms with Crippen LogP contribution in [0.1, 0.15) is 33.3 Å². The second-order valence-electron chi connectivity index (χ2n) is 4.99. The van der Waals surface area contributed by atoms with Gasteiger partial charge in [-0.2, -0.15) is 0 Å². The van der Waals surface area contributed by atoms with Crippen molar-refractivity contribution in [3.05, 3.63) is 29.6 Å². The van der Waals surface area contributed by atoms with E-state index in [9.17, 15) is 4.39 Å². The summed E-state index contributed by atoms with van der Waals surface area (Å²) in [5.41, 5.74) is 2.19. The van der Waals surface area contributed by atoms with E-state index in [0.717, 1.165) is 37.4 Å². The topological polar surface area (TPSA) is 15.3 Å². The van der Waals surface area contributed by atoms with E-state index >= 15 is 0 Å². The van der Waals surface area contributed by atoms with E-state index < -0.39 is 0 Å². The molecule has 1 N–H and O–H groups in total. The minimum Gasteiger partial charge on any atom is -0.371 e. The van der Waals surface area contributed by atoms with E-state index in [2.05, 4.69) is 37.9 Å². The number of rotatable bonds is 7. The van der Waals surface area contributed by atoms with E-state index in [4.69, 9.17) is 0 Å². The molecule has 0 unspecified atom stereocenters. The first-order valence-electron chi connectivity index (χ1n) is 6.82. The SMILES string of the molecule is CCNCc1cc(F)ccc1N(CC)CC(C)C. The van der Waals surface area contributed by atoms with Gasteiger partial charge in [0.1, 0.15) is 5.82 Å². The van der Waals surface area contributed by atoms with Crippen molar-refractivity contribution in [3.8, 4) is 0 Å². The molecular weight excluding hydrogens is 227 g/mol. The zero-order valence-electron chi connectivity index (χ0n) is 12.0. The van der Waals surface area contributed by atoms with Gasteiger partial charge in [0, 0.05) is 25.3 Å². The summed E-state index contributed by atoms with van der Waals surface area (Å²) in [5, 5.41) is 3.27. The Bertz CT molecular complexity index is 364. The van der Waals surface area contributed by atoms with Crippen LogP contribution in [-0.4, -0.2) is 19.6 Å². The number of anilines is 1. The lowest BCUT2D eigenvalue weighted by molar-refractivity contribution is 0.606. The highest BCUT2D eigenvalue weighted by Gasteiger charge is 2.11. The number of nitrogens with one attached hydrogen (secondary N) is 1. The molecule has 18 heavy (non-hydrogen) atoms. The van der Waals surface area contributed by atoms with Crippen molar-refractivity contribution in [1.82, 2.24) is 5.32 Å². The normalized spacial score (nSPS) is 11.0. The maximum atomic E-state index is 13.4. The molecule has 0 aliphatic heterocycles. The van der Waals surface area contributed by atoms with Crippen LogP contribution in [0.4, 0.5) is 10.1 Å². The lowest BCUT2D eigenvalue weighted by atomic mass is 10.1. The predicted molar refractivity (Wildman–Crippen MR) is 76.5 cm³/mol. The van der Waals surface area contributed by atoms with Crippen molar-refractivity contribution in [2.24, 2.45) is 5.92 Å². The summed E-state index contributed by atoms with van der Waals surface area (Å²) in [6.07, 6.45) is 0. The van der Waals surface area contributed by atoms with E-state index in [1.54, 1.807) is 12.1 Å². The highest BCUT2D eigenvalue weighted by atomic mass is 19.1. The van der Waals surface area contributed by atoms with Crippen molar-refractivity contribution in [3.63, 3.8) is 0 Å². The zero-order valence-corrected chi connectivity index (χ0v) is 12.0. The van der Waals surface area contributed by atoms with Crippen LogP contribution in [0.15, 0.2) is 18.2 Å². The Hall–Kier alpha value is -1.09. The molecule has 0 aliphatic carbocycles. The Morgan fingerprint density at radius 2 is 2.00 bits per heavy atom. The molecule has 0 bridgehead atoms. The number of hydrogen-bond acceptors (Lipinski definition) is 2. The standard InChI is InChI=1S/C15H25FN2/c1-5-17-10-13-9-14(16)7-8-15(13)18(6-2)11-12(3)4/h7-9,12,17H,5-6,10-11H2,1-4H3. The molecular formula is C15H25FN2. The van der Waals surface area contributed by atoms with Crippen LogP contribution < -0.4 is 10.2 Å². The predicted octanol–water partition coefficient (Wildman–Crippen LogP) is 3.42. The Morgan fingerprint density at radius 3 is 2.56 bits per heavy atom. The molecule has 3 heteroatoms. The second-order valence-corrected chi connectivity index (χ2v) is 4.99. The molecule has 0 radical (unpaired) electrons. The molecule has 0 saturated carbocycles. The van der Waals surface area contributed by atoms with Gasteiger partial charge in [-0.15, -0.1) is 0 Å². The molecule has 102 valence electrons. The third-order valence-electron chi connectivity index (χ3n) is 2.91. The summed E-state index contributed by atoms with van der Waals surface area (Å²) < 4.78 is 13.4. The minimum atomic E-state index is -0.160. The Labute approximate surface area is 110 Å². The Kier molecular flexibility index (Phi) is 6.13. The van der Waals surface area contributed by atoms with Gasteiger partial charge in [0.2, 0.25) is 0 Å². The van der Waals surface area contributed by atoms with Gasteiger partial charge in [0.15, 0.2) is 0 Å². The fourth-order valence-electron chi connectivity index (χ4n) is 2.10. The van der Waals surface area contributed by atoms with Crippen LogP contribution >= 0.6 is 0 Å². The van der Waals surface area contributed by atoms with Gasteiger partial charge in [-0.05, 0) is 43.1 Å². The summed E-state index contributed by atoms with van der Waals surface area (Å²) in [6.45, 7) is 12.2. The first-order chi connectivity index (χ1) is 8.58. The van der Waals surface area contributed by atoms with Crippen molar-refractivity contribution in [2.75, 3.05) is 24.5 Å². The average molecular weight is 252 g/mol. The first kappa shape index (κ1) is 15.0. The quantitative estimate of drug-likeness (QED) is 0.800. The number of hydrogen-bond donors (Lipinski definition) is 1. The highest BCUT2D eigenvalue weighted by molar-refractivity contribution is 5.53. The van der Waals surface area contributed by atoms with Gasteiger partial charge in [-0.25, -0.2) is 4.39 Å². The van der Waals surface area contributed by atoms with E-state index in [1.807, 2.05) is 6.07 Å². The maximum Gasteiger partial charge on any atom is 0.123 e. The van der Waals surface area contributed by atoms with Crippen molar-refractivity contribution in [2.45, 2.75) is 34.2 Å². The van der Waals surface area contributed by atoms with Gasteiger partial charge < -0.3 is 10.2 Å². The van der Waals surface area contributed by atoms with E-state index in [0.29, 0.717) is 5.92 Å².